The maximum atomic E-state index is 10.9. The van der Waals surface area contributed by atoms with E-state index in [0.717, 1.165) is 10.9 Å². The van der Waals surface area contributed by atoms with Gasteiger partial charge in [-0.25, -0.2) is 4.79 Å². The van der Waals surface area contributed by atoms with Gasteiger partial charge in [0.15, 0.2) is 0 Å². The molecule has 1 heterocycles. The maximum Gasteiger partial charge on any atom is 0.352 e. The molecule has 4 heteroatoms. The van der Waals surface area contributed by atoms with Gasteiger partial charge in [0.1, 0.15) is 11.4 Å². The Kier molecular flexibility index (Phi) is 3.03. The average molecular weight is 247 g/mol. The third-order valence-corrected chi connectivity index (χ3v) is 2.52. The van der Waals surface area contributed by atoms with Crippen LogP contribution in [0.25, 0.3) is 10.9 Å². The quantitative estimate of drug-likeness (QED) is 0.874. The van der Waals surface area contributed by atoms with Crippen molar-refractivity contribution in [1.29, 1.82) is 0 Å². The minimum Gasteiger partial charge on any atom is -0.492 e. The van der Waals surface area contributed by atoms with Crippen molar-refractivity contribution in [2.45, 2.75) is 20.8 Å². The lowest BCUT2D eigenvalue weighted by Crippen LogP contribution is -2.16. The first-order chi connectivity index (χ1) is 8.37. The SMILES string of the molecule is CC(C)(C)COc1cccc2[nH]c(C(=O)O)cc12. The summed E-state index contributed by atoms with van der Waals surface area (Å²) in [7, 11) is 0. The first-order valence-electron chi connectivity index (χ1n) is 5.85. The van der Waals surface area contributed by atoms with Crippen LogP contribution in [0.2, 0.25) is 0 Å². The molecule has 0 spiro atoms. The van der Waals surface area contributed by atoms with Gasteiger partial charge >= 0.3 is 5.97 Å². The van der Waals surface area contributed by atoms with Crippen molar-refractivity contribution in [3.63, 3.8) is 0 Å². The highest BCUT2D eigenvalue weighted by atomic mass is 16.5. The molecule has 4 nitrogen and oxygen atoms in total. The number of rotatable bonds is 3. The summed E-state index contributed by atoms with van der Waals surface area (Å²) < 4.78 is 5.76. The fraction of sp³-hybridized carbons (Fsp3) is 0.357. The monoisotopic (exact) mass is 247 g/mol. The van der Waals surface area contributed by atoms with Crippen molar-refractivity contribution in [2.24, 2.45) is 5.41 Å². The Labute approximate surface area is 106 Å². The Balaban J connectivity index is 2.36. The summed E-state index contributed by atoms with van der Waals surface area (Å²) in [6.45, 7) is 6.85. The van der Waals surface area contributed by atoms with Crippen molar-refractivity contribution in [1.82, 2.24) is 4.98 Å². The lowest BCUT2D eigenvalue weighted by Gasteiger charge is -2.19. The summed E-state index contributed by atoms with van der Waals surface area (Å²) in [5, 5.41) is 9.77. The van der Waals surface area contributed by atoms with E-state index in [0.29, 0.717) is 12.4 Å². The van der Waals surface area contributed by atoms with Crippen LogP contribution in [0.5, 0.6) is 5.75 Å². The Bertz CT molecular complexity index is 578. The van der Waals surface area contributed by atoms with Gasteiger partial charge in [0, 0.05) is 10.9 Å². The molecule has 0 aliphatic carbocycles. The molecule has 0 saturated heterocycles. The standard InChI is InChI=1S/C14H17NO3/c1-14(2,3)8-18-12-6-4-5-10-9(12)7-11(15-10)13(16)17/h4-7,15H,8H2,1-3H3,(H,16,17). The second-order valence-electron chi connectivity index (χ2n) is 5.55. The molecule has 0 fully saturated rings. The number of aromatic carboxylic acids is 1. The van der Waals surface area contributed by atoms with Crippen LogP contribution in [0, 0.1) is 5.41 Å². The summed E-state index contributed by atoms with van der Waals surface area (Å²) in [4.78, 5) is 13.8. The number of H-pyrrole nitrogens is 1. The molecule has 0 amide bonds. The van der Waals surface area contributed by atoms with Gasteiger partial charge in [-0.3, -0.25) is 0 Å². The van der Waals surface area contributed by atoms with Gasteiger partial charge < -0.3 is 14.8 Å². The Morgan fingerprint density at radius 1 is 1.39 bits per heavy atom. The van der Waals surface area contributed by atoms with Crippen molar-refractivity contribution in [3.05, 3.63) is 30.0 Å². The van der Waals surface area contributed by atoms with E-state index in [4.69, 9.17) is 9.84 Å². The van der Waals surface area contributed by atoms with E-state index in [1.807, 2.05) is 18.2 Å². The molecule has 0 radical (unpaired) electrons. The molecule has 0 saturated carbocycles. The molecule has 0 unspecified atom stereocenters. The molecule has 2 N–H and O–H groups in total. The molecule has 1 aromatic heterocycles. The van der Waals surface area contributed by atoms with Crippen LogP contribution in [0.1, 0.15) is 31.3 Å². The summed E-state index contributed by atoms with van der Waals surface area (Å²) >= 11 is 0. The number of hydrogen-bond acceptors (Lipinski definition) is 2. The predicted octanol–water partition coefficient (Wildman–Crippen LogP) is 3.29. The van der Waals surface area contributed by atoms with Gasteiger partial charge in [-0.15, -0.1) is 0 Å². The van der Waals surface area contributed by atoms with Crippen LogP contribution in [0.4, 0.5) is 0 Å². The maximum absolute atomic E-state index is 10.9. The number of carboxylic acids is 1. The molecule has 18 heavy (non-hydrogen) atoms. The Hall–Kier alpha value is -1.97. The van der Waals surface area contributed by atoms with Gasteiger partial charge in [-0.1, -0.05) is 26.8 Å². The molecule has 1 aromatic carbocycles. The topological polar surface area (TPSA) is 62.3 Å². The fourth-order valence-corrected chi connectivity index (χ4v) is 1.66. The number of carboxylic acid groups (broad SMARTS) is 1. The highest BCUT2D eigenvalue weighted by Crippen LogP contribution is 2.28. The van der Waals surface area contributed by atoms with Crippen LogP contribution in [-0.4, -0.2) is 22.7 Å². The number of carbonyl (C=O) groups is 1. The zero-order valence-corrected chi connectivity index (χ0v) is 10.8. The Morgan fingerprint density at radius 3 is 2.72 bits per heavy atom. The summed E-state index contributed by atoms with van der Waals surface area (Å²) in [5.41, 5.74) is 1.02. The van der Waals surface area contributed by atoms with Crippen LogP contribution in [0.15, 0.2) is 24.3 Å². The summed E-state index contributed by atoms with van der Waals surface area (Å²) in [6, 6.07) is 7.15. The van der Waals surface area contributed by atoms with Crippen LogP contribution in [-0.2, 0) is 0 Å². The molecule has 0 atom stereocenters. The van der Waals surface area contributed by atoms with E-state index < -0.39 is 5.97 Å². The lowest BCUT2D eigenvalue weighted by atomic mass is 9.99. The van der Waals surface area contributed by atoms with Crippen LogP contribution in [0.3, 0.4) is 0 Å². The molecule has 0 aliphatic rings. The first-order valence-corrected chi connectivity index (χ1v) is 5.85. The Morgan fingerprint density at radius 2 is 2.11 bits per heavy atom. The van der Waals surface area contributed by atoms with Crippen molar-refractivity contribution in [2.75, 3.05) is 6.61 Å². The van der Waals surface area contributed by atoms with Crippen molar-refractivity contribution in [3.8, 4) is 5.75 Å². The van der Waals surface area contributed by atoms with E-state index in [9.17, 15) is 4.79 Å². The molecule has 96 valence electrons. The van der Waals surface area contributed by atoms with Crippen LogP contribution < -0.4 is 4.74 Å². The molecular weight excluding hydrogens is 230 g/mol. The minimum absolute atomic E-state index is 0.0636. The third-order valence-electron chi connectivity index (χ3n) is 2.52. The molecule has 0 aliphatic heterocycles. The second-order valence-corrected chi connectivity index (χ2v) is 5.55. The number of benzene rings is 1. The predicted molar refractivity (Wildman–Crippen MR) is 70.2 cm³/mol. The van der Waals surface area contributed by atoms with Gasteiger partial charge in [-0.05, 0) is 23.6 Å². The smallest absolute Gasteiger partial charge is 0.352 e. The number of nitrogens with one attached hydrogen (secondary N) is 1. The summed E-state index contributed by atoms with van der Waals surface area (Å²) in [5.74, 6) is -0.251. The van der Waals surface area contributed by atoms with E-state index in [2.05, 4.69) is 25.8 Å². The number of ether oxygens (including phenoxy) is 1. The molecular formula is C14H17NO3. The van der Waals surface area contributed by atoms with Crippen molar-refractivity contribution < 1.29 is 14.6 Å². The van der Waals surface area contributed by atoms with Gasteiger partial charge in [0.25, 0.3) is 0 Å². The second kappa shape index (κ2) is 4.37. The van der Waals surface area contributed by atoms with Crippen molar-refractivity contribution >= 4 is 16.9 Å². The number of hydrogen-bond donors (Lipinski definition) is 2. The van der Waals surface area contributed by atoms with Crippen LogP contribution >= 0.6 is 0 Å². The van der Waals surface area contributed by atoms with E-state index >= 15 is 0 Å². The average Bonchev–Trinajstić information content (AvgIpc) is 2.69. The third kappa shape index (κ3) is 2.64. The largest absolute Gasteiger partial charge is 0.492 e. The zero-order chi connectivity index (χ0) is 13.3. The molecule has 0 bridgehead atoms. The van der Waals surface area contributed by atoms with E-state index in [1.54, 1.807) is 6.07 Å². The highest BCUT2D eigenvalue weighted by molar-refractivity contribution is 5.96. The van der Waals surface area contributed by atoms with Gasteiger partial charge in [0.05, 0.1) is 6.61 Å². The first kappa shape index (κ1) is 12.5. The summed E-state index contributed by atoms with van der Waals surface area (Å²) in [6.07, 6.45) is 0. The lowest BCUT2D eigenvalue weighted by molar-refractivity contribution is 0.0691. The van der Waals surface area contributed by atoms with E-state index in [-0.39, 0.29) is 11.1 Å². The number of aromatic amines is 1. The molecule has 2 aromatic rings. The minimum atomic E-state index is -0.965. The number of aromatic nitrogens is 1. The zero-order valence-electron chi connectivity index (χ0n) is 10.8. The van der Waals surface area contributed by atoms with E-state index in [1.165, 1.54) is 0 Å². The van der Waals surface area contributed by atoms with Gasteiger partial charge in [-0.2, -0.15) is 0 Å². The van der Waals surface area contributed by atoms with Gasteiger partial charge in [0.2, 0.25) is 0 Å². The normalized spacial score (nSPS) is 11.7. The number of fused-ring (bicyclic) bond motifs is 1. The highest BCUT2D eigenvalue weighted by Gasteiger charge is 2.14. The fourth-order valence-electron chi connectivity index (χ4n) is 1.66. The molecule has 2 rings (SSSR count).